The molecule has 4 unspecified atom stereocenters. The minimum Gasteiger partial charge on any atom is -0.508 e. The topological polar surface area (TPSA) is 171 Å². The van der Waals surface area contributed by atoms with Crippen LogP contribution in [-0.2, 0) is 38.4 Å². The molecule has 0 aliphatic rings. The van der Waals surface area contributed by atoms with Gasteiger partial charge in [-0.05, 0) is 42.2 Å². The number of benzene rings is 3. The van der Waals surface area contributed by atoms with Gasteiger partial charge >= 0.3 is 5.97 Å². The van der Waals surface area contributed by atoms with Gasteiger partial charge in [-0.1, -0.05) is 72.8 Å². The Labute approximate surface area is 232 Å². The molecule has 210 valence electrons. The van der Waals surface area contributed by atoms with Crippen LogP contribution in [0, 0.1) is 0 Å². The molecule has 0 radical (unpaired) electrons. The van der Waals surface area contributed by atoms with Gasteiger partial charge < -0.3 is 31.9 Å². The SMILES string of the molecule is CC(NC(=O)C(Cc1ccccc1)NC(=O)C(N)Cc1ccccc1)C(=O)NC(Cc1ccc(O)cc1)C(=O)O. The summed E-state index contributed by atoms with van der Waals surface area (Å²) in [5.74, 6) is -3.05. The van der Waals surface area contributed by atoms with Crippen LogP contribution in [0.4, 0.5) is 0 Å². The van der Waals surface area contributed by atoms with E-state index in [0.717, 1.165) is 11.1 Å². The largest absolute Gasteiger partial charge is 0.508 e. The smallest absolute Gasteiger partial charge is 0.326 e. The molecule has 0 saturated heterocycles. The van der Waals surface area contributed by atoms with E-state index in [0.29, 0.717) is 5.56 Å². The van der Waals surface area contributed by atoms with Gasteiger partial charge in [0.1, 0.15) is 23.9 Å². The maximum absolute atomic E-state index is 13.2. The molecule has 0 spiro atoms. The Balaban J connectivity index is 1.65. The molecule has 3 aromatic rings. The molecule has 3 amide bonds. The number of carboxylic acid groups (broad SMARTS) is 1. The zero-order valence-corrected chi connectivity index (χ0v) is 22.1. The number of hydrogen-bond acceptors (Lipinski definition) is 6. The molecule has 3 rings (SSSR count). The van der Waals surface area contributed by atoms with Gasteiger partial charge in [0, 0.05) is 12.8 Å². The monoisotopic (exact) mass is 546 g/mol. The fourth-order valence-corrected chi connectivity index (χ4v) is 4.04. The molecule has 10 heteroatoms. The number of hydrogen-bond donors (Lipinski definition) is 6. The summed E-state index contributed by atoms with van der Waals surface area (Å²) in [5.41, 5.74) is 8.38. The zero-order valence-electron chi connectivity index (χ0n) is 22.1. The van der Waals surface area contributed by atoms with Crippen molar-refractivity contribution in [3.63, 3.8) is 0 Å². The number of carbonyl (C=O) groups excluding carboxylic acids is 3. The number of nitrogens with two attached hydrogens (primary N) is 1. The molecule has 0 fully saturated rings. The average Bonchev–Trinajstić information content (AvgIpc) is 2.94. The number of aliphatic carboxylic acids is 1. The lowest BCUT2D eigenvalue weighted by molar-refractivity contribution is -0.142. The molecule has 40 heavy (non-hydrogen) atoms. The molecule has 7 N–H and O–H groups in total. The number of rotatable bonds is 13. The predicted molar refractivity (Wildman–Crippen MR) is 149 cm³/mol. The lowest BCUT2D eigenvalue weighted by Crippen LogP contribution is -2.57. The van der Waals surface area contributed by atoms with E-state index in [1.807, 2.05) is 60.7 Å². The van der Waals surface area contributed by atoms with Crippen molar-refractivity contribution in [1.29, 1.82) is 0 Å². The highest BCUT2D eigenvalue weighted by atomic mass is 16.4. The van der Waals surface area contributed by atoms with Crippen LogP contribution < -0.4 is 21.7 Å². The molecule has 0 aliphatic heterocycles. The maximum atomic E-state index is 13.2. The standard InChI is InChI=1S/C30H34N4O6/c1-19(27(36)34-26(30(39)40)18-22-12-14-23(35)15-13-22)32-29(38)25(17-21-10-6-3-7-11-21)33-28(37)24(31)16-20-8-4-2-5-9-20/h2-15,19,24-26,35H,16-18,31H2,1H3,(H,32,38)(H,33,37)(H,34,36)(H,39,40). The maximum Gasteiger partial charge on any atom is 0.326 e. The van der Waals surface area contributed by atoms with Crippen LogP contribution in [0.3, 0.4) is 0 Å². The van der Waals surface area contributed by atoms with Crippen molar-refractivity contribution < 1.29 is 29.4 Å². The normalized spacial score (nSPS) is 13.8. The minimum atomic E-state index is -1.26. The summed E-state index contributed by atoms with van der Waals surface area (Å²) >= 11 is 0. The van der Waals surface area contributed by atoms with Gasteiger partial charge in [-0.15, -0.1) is 0 Å². The van der Waals surface area contributed by atoms with Crippen LogP contribution in [0.1, 0.15) is 23.6 Å². The Bertz CT molecular complexity index is 1280. The predicted octanol–water partition coefficient (Wildman–Crippen LogP) is 1.31. The van der Waals surface area contributed by atoms with Gasteiger partial charge in [-0.25, -0.2) is 4.79 Å². The van der Waals surface area contributed by atoms with E-state index in [-0.39, 0.29) is 25.0 Å². The van der Waals surface area contributed by atoms with Crippen molar-refractivity contribution in [2.45, 2.75) is 50.4 Å². The third-order valence-electron chi connectivity index (χ3n) is 6.29. The summed E-state index contributed by atoms with van der Waals surface area (Å²) in [6.45, 7) is 1.43. The van der Waals surface area contributed by atoms with Gasteiger partial charge in [0.2, 0.25) is 17.7 Å². The second-order valence-corrected chi connectivity index (χ2v) is 9.55. The van der Waals surface area contributed by atoms with E-state index in [1.165, 1.54) is 19.1 Å². The third kappa shape index (κ3) is 9.25. The first kappa shape index (κ1) is 29.9. The van der Waals surface area contributed by atoms with Crippen molar-refractivity contribution in [3.05, 3.63) is 102 Å². The van der Waals surface area contributed by atoms with Crippen LogP contribution in [0.25, 0.3) is 0 Å². The van der Waals surface area contributed by atoms with Crippen molar-refractivity contribution in [2.75, 3.05) is 0 Å². The van der Waals surface area contributed by atoms with Crippen molar-refractivity contribution in [1.82, 2.24) is 16.0 Å². The number of nitrogens with one attached hydrogen (secondary N) is 3. The van der Waals surface area contributed by atoms with E-state index >= 15 is 0 Å². The molecule has 3 aromatic carbocycles. The average molecular weight is 547 g/mol. The Morgan fingerprint density at radius 3 is 1.68 bits per heavy atom. The number of carboxylic acids is 1. The molecule has 0 heterocycles. The van der Waals surface area contributed by atoms with E-state index in [4.69, 9.17) is 5.73 Å². The second kappa shape index (κ2) is 14.5. The number of phenols is 1. The van der Waals surface area contributed by atoms with Crippen molar-refractivity contribution in [2.24, 2.45) is 5.73 Å². The summed E-state index contributed by atoms with van der Waals surface area (Å²) < 4.78 is 0. The fraction of sp³-hybridized carbons (Fsp3) is 0.267. The molecule has 10 nitrogen and oxygen atoms in total. The Kier molecular flexibility index (Phi) is 10.8. The van der Waals surface area contributed by atoms with Gasteiger partial charge in [0.05, 0.1) is 6.04 Å². The van der Waals surface area contributed by atoms with Crippen LogP contribution in [0.5, 0.6) is 5.75 Å². The molecule has 0 bridgehead atoms. The van der Waals surface area contributed by atoms with E-state index in [2.05, 4.69) is 16.0 Å². The molecule has 0 aliphatic carbocycles. The summed E-state index contributed by atoms with van der Waals surface area (Å²) in [4.78, 5) is 50.7. The molecular weight excluding hydrogens is 512 g/mol. The summed E-state index contributed by atoms with van der Waals surface area (Å²) in [7, 11) is 0. The van der Waals surface area contributed by atoms with E-state index in [9.17, 15) is 29.4 Å². The third-order valence-corrected chi connectivity index (χ3v) is 6.29. The van der Waals surface area contributed by atoms with Gasteiger partial charge in [0.15, 0.2) is 0 Å². The quantitative estimate of drug-likeness (QED) is 0.188. The van der Waals surface area contributed by atoms with Gasteiger partial charge in [0.25, 0.3) is 0 Å². The van der Waals surface area contributed by atoms with Crippen LogP contribution >= 0.6 is 0 Å². The van der Waals surface area contributed by atoms with Crippen molar-refractivity contribution in [3.8, 4) is 5.75 Å². The highest BCUT2D eigenvalue weighted by molar-refractivity contribution is 5.94. The first-order chi connectivity index (χ1) is 19.1. The Hall–Kier alpha value is -4.70. The van der Waals surface area contributed by atoms with Crippen molar-refractivity contribution >= 4 is 23.7 Å². The number of carbonyl (C=O) groups is 4. The second-order valence-electron chi connectivity index (χ2n) is 9.55. The highest BCUT2D eigenvalue weighted by Crippen LogP contribution is 2.12. The van der Waals surface area contributed by atoms with Crippen LogP contribution in [0.15, 0.2) is 84.9 Å². The lowest BCUT2D eigenvalue weighted by Gasteiger charge is -2.24. The van der Waals surface area contributed by atoms with Crippen LogP contribution in [0.2, 0.25) is 0 Å². The first-order valence-corrected chi connectivity index (χ1v) is 12.9. The lowest BCUT2D eigenvalue weighted by atomic mass is 10.0. The zero-order chi connectivity index (χ0) is 29.1. The summed E-state index contributed by atoms with van der Waals surface area (Å²) in [5, 5.41) is 26.7. The first-order valence-electron chi connectivity index (χ1n) is 12.9. The van der Waals surface area contributed by atoms with E-state index in [1.54, 1.807) is 12.1 Å². The highest BCUT2D eigenvalue weighted by Gasteiger charge is 2.28. The number of aromatic hydroxyl groups is 1. The summed E-state index contributed by atoms with van der Waals surface area (Å²) in [6, 6.07) is 20.0. The van der Waals surface area contributed by atoms with Gasteiger partial charge in [-0.2, -0.15) is 0 Å². The minimum absolute atomic E-state index is 0.0198. The molecule has 0 saturated carbocycles. The summed E-state index contributed by atoms with van der Waals surface area (Å²) in [6.07, 6.45) is 0.417. The van der Waals surface area contributed by atoms with Gasteiger partial charge in [-0.3, -0.25) is 14.4 Å². The molecule has 0 aromatic heterocycles. The molecular formula is C30H34N4O6. The van der Waals surface area contributed by atoms with Crippen LogP contribution in [-0.4, -0.2) is 58.1 Å². The Morgan fingerprint density at radius 2 is 1.12 bits per heavy atom. The number of phenolic OH excluding ortho intramolecular Hbond substituents is 1. The van der Waals surface area contributed by atoms with E-state index < -0.39 is 47.9 Å². The fourth-order valence-electron chi connectivity index (χ4n) is 4.04. The Morgan fingerprint density at radius 1 is 0.650 bits per heavy atom. The number of amides is 3. The molecule has 4 atom stereocenters.